The molecule has 3 aromatic rings. The van der Waals surface area contributed by atoms with E-state index in [0.717, 1.165) is 16.3 Å². The zero-order chi connectivity index (χ0) is 21.1. The average Bonchev–Trinajstić information content (AvgIpc) is 3.17. The number of amides is 2. The molecule has 1 aliphatic heterocycles. The summed E-state index contributed by atoms with van der Waals surface area (Å²) in [5.74, 6) is -0.802. The van der Waals surface area contributed by atoms with E-state index >= 15 is 0 Å². The van der Waals surface area contributed by atoms with Crippen LogP contribution in [0.25, 0.3) is 10.8 Å². The molecule has 0 bridgehead atoms. The highest BCUT2D eigenvalue weighted by Crippen LogP contribution is 2.29. The molecule has 0 saturated heterocycles. The fraction of sp³-hybridized carbons (Fsp3) is 0.217. The lowest BCUT2D eigenvalue weighted by atomic mass is 9.89. The van der Waals surface area contributed by atoms with Crippen LogP contribution in [0.15, 0.2) is 72.0 Å². The van der Waals surface area contributed by atoms with E-state index in [1.165, 1.54) is 4.90 Å². The standard InChI is InChI=1S/C23H22N4O3/c1-27(21(28)20-19-10-6-5-9-17(19)11-12-25-20)15-18-14-23(22(24)29,30-26-18)13-16-7-3-2-4-8-16/h2-12H,13-15H2,1H3,(H2,24,29). The maximum atomic E-state index is 13.0. The molecule has 1 aromatic heterocycles. The fourth-order valence-electron chi connectivity index (χ4n) is 3.69. The molecule has 1 aliphatic rings. The van der Waals surface area contributed by atoms with Gasteiger partial charge in [-0.25, -0.2) is 0 Å². The van der Waals surface area contributed by atoms with Gasteiger partial charge in [-0.1, -0.05) is 59.8 Å². The molecule has 152 valence electrons. The van der Waals surface area contributed by atoms with Crippen LogP contribution in [-0.2, 0) is 16.1 Å². The Labute approximate surface area is 174 Å². The minimum Gasteiger partial charge on any atom is -0.378 e. The van der Waals surface area contributed by atoms with E-state index in [1.54, 1.807) is 13.2 Å². The first-order valence-corrected chi connectivity index (χ1v) is 9.65. The number of carbonyl (C=O) groups is 2. The van der Waals surface area contributed by atoms with Crippen LogP contribution in [0.5, 0.6) is 0 Å². The molecular formula is C23H22N4O3. The molecule has 30 heavy (non-hydrogen) atoms. The van der Waals surface area contributed by atoms with Crippen LogP contribution in [0.1, 0.15) is 22.5 Å². The van der Waals surface area contributed by atoms with Gasteiger partial charge >= 0.3 is 0 Å². The molecule has 0 spiro atoms. The molecule has 4 rings (SSSR count). The molecule has 7 heteroatoms. The predicted molar refractivity (Wildman–Crippen MR) is 114 cm³/mol. The van der Waals surface area contributed by atoms with E-state index in [0.29, 0.717) is 17.8 Å². The van der Waals surface area contributed by atoms with Crippen LogP contribution < -0.4 is 5.73 Å². The summed E-state index contributed by atoms with van der Waals surface area (Å²) in [6, 6.07) is 19.0. The number of nitrogens with two attached hydrogens (primary N) is 1. The van der Waals surface area contributed by atoms with Crippen molar-refractivity contribution in [3.05, 3.63) is 78.1 Å². The molecule has 0 saturated carbocycles. The normalized spacial score (nSPS) is 18.0. The Balaban J connectivity index is 1.49. The van der Waals surface area contributed by atoms with Gasteiger partial charge in [0.25, 0.3) is 11.8 Å². The van der Waals surface area contributed by atoms with Crippen molar-refractivity contribution in [2.45, 2.75) is 18.4 Å². The lowest BCUT2D eigenvalue weighted by molar-refractivity contribution is -0.140. The topological polar surface area (TPSA) is 97.9 Å². The highest BCUT2D eigenvalue weighted by atomic mass is 16.7. The van der Waals surface area contributed by atoms with Gasteiger partial charge in [-0.2, -0.15) is 0 Å². The molecule has 0 fully saturated rings. The van der Waals surface area contributed by atoms with Gasteiger partial charge in [0.2, 0.25) is 5.60 Å². The van der Waals surface area contributed by atoms with E-state index < -0.39 is 11.5 Å². The van der Waals surface area contributed by atoms with E-state index in [9.17, 15) is 9.59 Å². The maximum absolute atomic E-state index is 13.0. The van der Waals surface area contributed by atoms with Crippen molar-refractivity contribution in [1.82, 2.24) is 9.88 Å². The summed E-state index contributed by atoms with van der Waals surface area (Å²) < 4.78 is 0. The molecule has 0 aliphatic carbocycles. The van der Waals surface area contributed by atoms with Crippen molar-refractivity contribution >= 4 is 28.3 Å². The van der Waals surface area contributed by atoms with E-state index in [2.05, 4.69) is 10.1 Å². The van der Waals surface area contributed by atoms with Crippen LogP contribution in [0.3, 0.4) is 0 Å². The number of oxime groups is 1. The molecule has 0 radical (unpaired) electrons. The minimum absolute atomic E-state index is 0.216. The average molecular weight is 402 g/mol. The number of pyridine rings is 1. The minimum atomic E-state index is -1.24. The van der Waals surface area contributed by atoms with Gasteiger partial charge in [0, 0.05) is 31.5 Å². The Kier molecular flexibility index (Phi) is 5.18. The zero-order valence-corrected chi connectivity index (χ0v) is 16.6. The summed E-state index contributed by atoms with van der Waals surface area (Å²) in [4.78, 5) is 36.5. The molecule has 2 amide bonds. The van der Waals surface area contributed by atoms with Crippen LogP contribution in [-0.4, -0.2) is 46.6 Å². The summed E-state index contributed by atoms with van der Waals surface area (Å²) in [7, 11) is 1.68. The SMILES string of the molecule is CN(CC1=NOC(Cc2ccccc2)(C(N)=O)C1)C(=O)c1nccc2ccccc12. The summed E-state index contributed by atoms with van der Waals surface area (Å²) in [6.07, 6.45) is 2.17. The quantitative estimate of drug-likeness (QED) is 0.685. The molecule has 2 heterocycles. The van der Waals surface area contributed by atoms with Gasteiger partial charge in [-0.3, -0.25) is 14.6 Å². The van der Waals surface area contributed by atoms with Gasteiger partial charge in [0.15, 0.2) is 0 Å². The third-order valence-electron chi connectivity index (χ3n) is 5.26. The van der Waals surface area contributed by atoms with Crippen LogP contribution in [0, 0.1) is 0 Å². The van der Waals surface area contributed by atoms with E-state index in [4.69, 9.17) is 10.6 Å². The third-order valence-corrected chi connectivity index (χ3v) is 5.26. The van der Waals surface area contributed by atoms with Crippen molar-refractivity contribution in [3.8, 4) is 0 Å². The Morgan fingerprint density at radius 3 is 2.60 bits per heavy atom. The van der Waals surface area contributed by atoms with Gasteiger partial charge in [0.1, 0.15) is 5.69 Å². The second-order valence-electron chi connectivity index (χ2n) is 7.49. The number of hydrogen-bond donors (Lipinski definition) is 1. The number of primary amides is 1. The molecule has 1 atom stereocenters. The molecule has 2 N–H and O–H groups in total. The highest BCUT2D eigenvalue weighted by Gasteiger charge is 2.45. The highest BCUT2D eigenvalue weighted by molar-refractivity contribution is 6.06. The van der Waals surface area contributed by atoms with E-state index in [-0.39, 0.29) is 18.9 Å². The van der Waals surface area contributed by atoms with Gasteiger partial charge in [0.05, 0.1) is 12.3 Å². The molecule has 2 aromatic carbocycles. The van der Waals surface area contributed by atoms with Gasteiger partial charge in [-0.15, -0.1) is 0 Å². The van der Waals surface area contributed by atoms with Crippen LogP contribution >= 0.6 is 0 Å². The number of rotatable bonds is 6. The lowest BCUT2D eigenvalue weighted by Gasteiger charge is -2.23. The molecular weight excluding hydrogens is 380 g/mol. The summed E-state index contributed by atoms with van der Waals surface area (Å²) in [6.45, 7) is 0.216. The smallest absolute Gasteiger partial charge is 0.273 e. The van der Waals surface area contributed by atoms with Crippen molar-refractivity contribution < 1.29 is 14.4 Å². The summed E-state index contributed by atoms with van der Waals surface area (Å²) >= 11 is 0. The first-order chi connectivity index (χ1) is 14.5. The monoisotopic (exact) mass is 402 g/mol. The second kappa shape index (κ2) is 7.94. The third kappa shape index (κ3) is 3.74. The maximum Gasteiger partial charge on any atom is 0.273 e. The first-order valence-electron chi connectivity index (χ1n) is 9.65. The van der Waals surface area contributed by atoms with Gasteiger partial charge < -0.3 is 15.5 Å². The zero-order valence-electron chi connectivity index (χ0n) is 16.6. The summed E-state index contributed by atoms with van der Waals surface area (Å²) in [5, 5.41) is 5.82. The number of fused-ring (bicyclic) bond motifs is 1. The largest absolute Gasteiger partial charge is 0.378 e. The first kappa shape index (κ1) is 19.6. The number of nitrogens with zero attached hydrogens (tertiary/aromatic N) is 3. The van der Waals surface area contributed by atoms with E-state index in [1.807, 2.05) is 60.7 Å². The number of carbonyl (C=O) groups excluding carboxylic acids is 2. The van der Waals surface area contributed by atoms with Crippen LogP contribution in [0.4, 0.5) is 0 Å². The van der Waals surface area contributed by atoms with Crippen molar-refractivity contribution in [1.29, 1.82) is 0 Å². The Hall–Kier alpha value is -3.74. The number of benzene rings is 2. The van der Waals surface area contributed by atoms with Crippen LogP contribution in [0.2, 0.25) is 0 Å². The Bertz CT molecular complexity index is 1120. The Morgan fingerprint density at radius 2 is 1.83 bits per heavy atom. The number of aromatic nitrogens is 1. The summed E-state index contributed by atoms with van der Waals surface area (Å²) in [5.41, 5.74) is 6.31. The van der Waals surface area contributed by atoms with Gasteiger partial charge in [-0.05, 0) is 17.0 Å². The fourth-order valence-corrected chi connectivity index (χ4v) is 3.69. The second-order valence-corrected chi connectivity index (χ2v) is 7.49. The van der Waals surface area contributed by atoms with Crippen molar-refractivity contribution in [3.63, 3.8) is 0 Å². The Morgan fingerprint density at radius 1 is 1.10 bits per heavy atom. The molecule has 1 unspecified atom stereocenters. The lowest BCUT2D eigenvalue weighted by Crippen LogP contribution is -2.46. The number of hydrogen-bond acceptors (Lipinski definition) is 5. The van der Waals surface area contributed by atoms with Crippen molar-refractivity contribution in [2.24, 2.45) is 10.9 Å². The molecule has 7 nitrogen and oxygen atoms in total. The van der Waals surface area contributed by atoms with Crippen molar-refractivity contribution in [2.75, 3.05) is 13.6 Å². The predicted octanol–water partition coefficient (Wildman–Crippen LogP) is 2.55.